The lowest BCUT2D eigenvalue weighted by Crippen LogP contribution is -2.18. The monoisotopic (exact) mass is 389 g/mol. The fourth-order valence-corrected chi connectivity index (χ4v) is 2.77. The van der Waals surface area contributed by atoms with Crippen LogP contribution in [0.1, 0.15) is 34.1 Å². The van der Waals surface area contributed by atoms with Crippen LogP contribution in [-0.2, 0) is 19.1 Å². The Morgan fingerprint density at radius 2 is 1.86 bits per heavy atom. The van der Waals surface area contributed by atoms with E-state index in [0.29, 0.717) is 6.42 Å². The number of phenols is 1. The first-order chi connectivity index (χ1) is 13.3. The van der Waals surface area contributed by atoms with Gasteiger partial charge in [-0.2, -0.15) is 18.3 Å². The quantitative estimate of drug-likeness (QED) is 0.633. The van der Waals surface area contributed by atoms with Crippen LogP contribution in [0, 0.1) is 0 Å². The molecule has 0 aliphatic rings. The highest BCUT2D eigenvalue weighted by Gasteiger charge is 2.39. The number of alkyl halides is 3. The number of aromatic hydroxyl groups is 1. The van der Waals surface area contributed by atoms with Gasteiger partial charge in [-0.3, -0.25) is 9.48 Å². The highest BCUT2D eigenvalue weighted by molar-refractivity contribution is 6.05. The van der Waals surface area contributed by atoms with Crippen LogP contribution >= 0.6 is 0 Å². The van der Waals surface area contributed by atoms with E-state index in [4.69, 9.17) is 0 Å². The van der Waals surface area contributed by atoms with Gasteiger partial charge in [0.05, 0.1) is 11.3 Å². The molecule has 146 valence electrons. The van der Waals surface area contributed by atoms with Crippen LogP contribution in [0.25, 0.3) is 0 Å². The van der Waals surface area contributed by atoms with Crippen molar-refractivity contribution in [2.45, 2.75) is 26.1 Å². The van der Waals surface area contributed by atoms with E-state index in [2.05, 4.69) is 10.4 Å². The minimum atomic E-state index is -4.76. The molecule has 5 nitrogen and oxygen atoms in total. The Hall–Kier alpha value is -3.29. The number of benzene rings is 2. The third-order valence-electron chi connectivity index (χ3n) is 4.16. The van der Waals surface area contributed by atoms with E-state index >= 15 is 0 Å². The molecule has 0 aliphatic carbocycles. The Balaban J connectivity index is 1.86. The Kier molecular flexibility index (Phi) is 5.39. The van der Waals surface area contributed by atoms with E-state index in [1.54, 1.807) is 13.0 Å². The lowest BCUT2D eigenvalue weighted by atomic mass is 10.0. The van der Waals surface area contributed by atoms with Crippen LogP contribution < -0.4 is 5.32 Å². The van der Waals surface area contributed by atoms with E-state index in [1.807, 2.05) is 30.3 Å². The van der Waals surface area contributed by atoms with Crippen LogP contribution in [0.5, 0.6) is 5.75 Å². The molecule has 1 amide bonds. The second kappa shape index (κ2) is 7.75. The van der Waals surface area contributed by atoms with Crippen molar-refractivity contribution in [3.8, 4) is 5.75 Å². The molecule has 2 aromatic carbocycles. The second-order valence-corrected chi connectivity index (χ2v) is 6.21. The van der Waals surface area contributed by atoms with Gasteiger partial charge in [0.25, 0.3) is 5.91 Å². The molecule has 0 spiro atoms. The number of carbonyl (C=O) groups is 1. The van der Waals surface area contributed by atoms with Crippen LogP contribution in [-0.4, -0.2) is 20.8 Å². The molecule has 0 aliphatic heterocycles. The Morgan fingerprint density at radius 3 is 2.50 bits per heavy atom. The van der Waals surface area contributed by atoms with Crippen molar-refractivity contribution in [3.05, 3.63) is 77.1 Å². The smallest absolute Gasteiger partial charge is 0.435 e. The average molecular weight is 389 g/mol. The van der Waals surface area contributed by atoms with E-state index in [9.17, 15) is 23.1 Å². The number of aryl methyl sites for hydroxylation is 1. The first-order valence-corrected chi connectivity index (χ1v) is 8.59. The van der Waals surface area contributed by atoms with Crippen molar-refractivity contribution < 1.29 is 23.1 Å². The summed E-state index contributed by atoms with van der Waals surface area (Å²) in [5.41, 5.74) is -0.00144. The summed E-state index contributed by atoms with van der Waals surface area (Å²) in [6.45, 7) is 1.81. The predicted octanol–water partition coefficient (Wildman–Crippen LogP) is 4.47. The van der Waals surface area contributed by atoms with Crippen LogP contribution in [0.2, 0.25) is 0 Å². The molecule has 3 aromatic rings. The summed E-state index contributed by atoms with van der Waals surface area (Å²) in [6.07, 6.45) is -3.17. The lowest BCUT2D eigenvalue weighted by molar-refractivity contribution is -0.141. The SMILES string of the molecule is CCn1cc(C(=O)Nc2cc(Cc3ccccc3)ccc2O)c(C(F)(F)F)n1. The number of halogens is 3. The van der Waals surface area contributed by atoms with Crippen molar-refractivity contribution >= 4 is 11.6 Å². The zero-order chi connectivity index (χ0) is 20.3. The fraction of sp³-hybridized carbons (Fsp3) is 0.200. The summed E-state index contributed by atoms with van der Waals surface area (Å²) in [5.74, 6) is -1.22. The highest BCUT2D eigenvalue weighted by Crippen LogP contribution is 2.32. The lowest BCUT2D eigenvalue weighted by Gasteiger charge is -2.11. The minimum Gasteiger partial charge on any atom is -0.506 e. The zero-order valence-corrected chi connectivity index (χ0v) is 15.0. The molecule has 1 heterocycles. The van der Waals surface area contributed by atoms with E-state index in [1.165, 1.54) is 12.1 Å². The third-order valence-corrected chi connectivity index (χ3v) is 4.16. The molecule has 28 heavy (non-hydrogen) atoms. The second-order valence-electron chi connectivity index (χ2n) is 6.21. The summed E-state index contributed by atoms with van der Waals surface area (Å²) in [7, 11) is 0. The van der Waals surface area contributed by atoms with Gasteiger partial charge in [-0.05, 0) is 36.6 Å². The molecule has 1 aromatic heterocycles. The number of aromatic nitrogens is 2. The summed E-state index contributed by atoms with van der Waals surface area (Å²) < 4.78 is 40.6. The number of hydrogen-bond donors (Lipinski definition) is 2. The van der Waals surface area contributed by atoms with E-state index in [0.717, 1.165) is 22.0 Å². The number of hydrogen-bond acceptors (Lipinski definition) is 3. The minimum absolute atomic E-state index is 0.0378. The van der Waals surface area contributed by atoms with Gasteiger partial charge in [0.1, 0.15) is 5.75 Å². The Bertz CT molecular complexity index is 982. The number of nitrogens with one attached hydrogen (secondary N) is 1. The molecule has 0 radical (unpaired) electrons. The molecule has 0 atom stereocenters. The van der Waals surface area contributed by atoms with Crippen molar-refractivity contribution in [1.82, 2.24) is 9.78 Å². The maximum absolute atomic E-state index is 13.2. The molecular weight excluding hydrogens is 371 g/mol. The summed E-state index contributed by atoms with van der Waals surface area (Å²) in [6, 6.07) is 14.2. The summed E-state index contributed by atoms with van der Waals surface area (Å²) in [5, 5.41) is 15.8. The van der Waals surface area contributed by atoms with Gasteiger partial charge >= 0.3 is 6.18 Å². The molecule has 8 heteroatoms. The summed E-state index contributed by atoms with van der Waals surface area (Å²) in [4.78, 5) is 12.5. The van der Waals surface area contributed by atoms with Crippen molar-refractivity contribution in [3.63, 3.8) is 0 Å². The Labute approximate surface area is 159 Å². The average Bonchev–Trinajstić information content (AvgIpc) is 3.10. The first kappa shape index (κ1) is 19.5. The molecular formula is C20H18F3N3O2. The maximum atomic E-state index is 13.2. The molecule has 0 saturated heterocycles. The molecule has 3 rings (SSSR count). The van der Waals surface area contributed by atoms with E-state index < -0.39 is 23.3 Å². The number of nitrogens with zero attached hydrogens (tertiary/aromatic N) is 2. The van der Waals surface area contributed by atoms with Gasteiger partial charge in [-0.25, -0.2) is 0 Å². The molecule has 0 bridgehead atoms. The highest BCUT2D eigenvalue weighted by atomic mass is 19.4. The van der Waals surface area contributed by atoms with Crippen molar-refractivity contribution in [2.24, 2.45) is 0 Å². The largest absolute Gasteiger partial charge is 0.506 e. The van der Waals surface area contributed by atoms with Gasteiger partial charge in [0, 0.05) is 12.7 Å². The van der Waals surface area contributed by atoms with Gasteiger partial charge < -0.3 is 10.4 Å². The molecule has 0 unspecified atom stereocenters. The third kappa shape index (κ3) is 4.33. The van der Waals surface area contributed by atoms with Gasteiger partial charge in [0.15, 0.2) is 5.69 Å². The number of amides is 1. The van der Waals surface area contributed by atoms with Gasteiger partial charge in [-0.1, -0.05) is 36.4 Å². The normalized spacial score (nSPS) is 11.4. The zero-order valence-electron chi connectivity index (χ0n) is 15.0. The van der Waals surface area contributed by atoms with Crippen LogP contribution in [0.15, 0.2) is 54.7 Å². The topological polar surface area (TPSA) is 67.2 Å². The Morgan fingerprint density at radius 1 is 1.14 bits per heavy atom. The van der Waals surface area contributed by atoms with Gasteiger partial charge in [0.2, 0.25) is 0 Å². The predicted molar refractivity (Wildman–Crippen MR) is 98.2 cm³/mol. The molecule has 0 fully saturated rings. The number of anilines is 1. The number of carbonyl (C=O) groups excluding carboxylic acids is 1. The summed E-state index contributed by atoms with van der Waals surface area (Å²) >= 11 is 0. The number of phenolic OH excluding ortho intramolecular Hbond substituents is 1. The first-order valence-electron chi connectivity index (χ1n) is 8.59. The maximum Gasteiger partial charge on any atom is 0.435 e. The molecule has 2 N–H and O–H groups in total. The van der Waals surface area contributed by atoms with Crippen molar-refractivity contribution in [2.75, 3.05) is 5.32 Å². The van der Waals surface area contributed by atoms with Gasteiger partial charge in [-0.15, -0.1) is 0 Å². The van der Waals surface area contributed by atoms with Crippen LogP contribution in [0.4, 0.5) is 18.9 Å². The van der Waals surface area contributed by atoms with E-state index in [-0.39, 0.29) is 18.0 Å². The fourth-order valence-electron chi connectivity index (χ4n) is 2.77. The molecule has 0 saturated carbocycles. The number of rotatable bonds is 5. The van der Waals surface area contributed by atoms with Crippen LogP contribution in [0.3, 0.4) is 0 Å². The standard InChI is InChI=1S/C20H18F3N3O2/c1-2-26-12-15(18(25-26)20(21,22)23)19(28)24-16-11-14(8-9-17(16)27)10-13-6-4-3-5-7-13/h3-9,11-12,27H,2,10H2,1H3,(H,24,28). The van der Waals surface area contributed by atoms with Crippen molar-refractivity contribution in [1.29, 1.82) is 0 Å².